The molecular formula is C14H19ClN2O4. The van der Waals surface area contributed by atoms with Gasteiger partial charge in [0.1, 0.15) is 11.3 Å². The van der Waals surface area contributed by atoms with Crippen molar-refractivity contribution in [3.8, 4) is 5.75 Å². The quantitative estimate of drug-likeness (QED) is 0.717. The summed E-state index contributed by atoms with van der Waals surface area (Å²) in [6.07, 6.45) is 1.83. The number of nitrogens with two attached hydrogens (primary N) is 1. The average molecular weight is 315 g/mol. The van der Waals surface area contributed by atoms with Crippen LogP contribution in [0.3, 0.4) is 0 Å². The van der Waals surface area contributed by atoms with Crippen LogP contribution >= 0.6 is 11.6 Å². The van der Waals surface area contributed by atoms with E-state index in [1.807, 2.05) is 6.92 Å². The maximum absolute atomic E-state index is 11.9. The first-order valence-electron chi connectivity index (χ1n) is 6.55. The van der Waals surface area contributed by atoms with Crippen LogP contribution in [0.2, 0.25) is 5.02 Å². The van der Waals surface area contributed by atoms with E-state index >= 15 is 0 Å². The summed E-state index contributed by atoms with van der Waals surface area (Å²) >= 11 is 5.98. The molecule has 0 bridgehead atoms. The largest absolute Gasteiger partial charge is 0.496 e. The van der Waals surface area contributed by atoms with Gasteiger partial charge in [0.2, 0.25) is 5.91 Å². The number of aromatic carboxylic acids is 1. The molecule has 116 valence electrons. The molecule has 0 heterocycles. The van der Waals surface area contributed by atoms with Gasteiger partial charge in [-0.3, -0.25) is 4.79 Å². The van der Waals surface area contributed by atoms with Gasteiger partial charge in [-0.1, -0.05) is 24.9 Å². The number of carbonyl (C=O) groups is 2. The molecule has 4 N–H and O–H groups in total. The van der Waals surface area contributed by atoms with E-state index in [1.165, 1.54) is 19.2 Å². The number of hydrogen-bond donors (Lipinski definition) is 3. The van der Waals surface area contributed by atoms with Crippen LogP contribution in [0.4, 0.5) is 5.69 Å². The van der Waals surface area contributed by atoms with Crippen LogP contribution in [0.15, 0.2) is 12.1 Å². The highest BCUT2D eigenvalue weighted by Gasteiger charge is 2.17. The van der Waals surface area contributed by atoms with E-state index in [1.54, 1.807) is 0 Å². The summed E-state index contributed by atoms with van der Waals surface area (Å²) in [5.41, 5.74) is 6.03. The summed E-state index contributed by atoms with van der Waals surface area (Å²) in [6, 6.07) is 2.41. The number of halogens is 1. The minimum absolute atomic E-state index is 0.0665. The van der Waals surface area contributed by atoms with Crippen molar-refractivity contribution in [1.82, 2.24) is 0 Å². The third-order valence-corrected chi connectivity index (χ3v) is 3.21. The first kappa shape index (κ1) is 17.3. The van der Waals surface area contributed by atoms with Crippen LogP contribution in [-0.2, 0) is 4.79 Å². The lowest BCUT2D eigenvalue weighted by Gasteiger charge is -2.13. The summed E-state index contributed by atoms with van der Waals surface area (Å²) in [5.74, 6) is -1.31. The lowest BCUT2D eigenvalue weighted by Crippen LogP contribution is -2.27. The average Bonchev–Trinajstić information content (AvgIpc) is 2.40. The molecule has 0 saturated carbocycles. The molecule has 0 aromatic heterocycles. The van der Waals surface area contributed by atoms with Gasteiger partial charge in [-0.2, -0.15) is 0 Å². The first-order chi connectivity index (χ1) is 9.88. The Morgan fingerprint density at radius 1 is 1.48 bits per heavy atom. The van der Waals surface area contributed by atoms with Gasteiger partial charge in [-0.15, -0.1) is 0 Å². The van der Waals surface area contributed by atoms with Crippen molar-refractivity contribution in [1.29, 1.82) is 0 Å². The zero-order valence-corrected chi connectivity index (χ0v) is 12.7. The third-order valence-electron chi connectivity index (χ3n) is 2.90. The van der Waals surface area contributed by atoms with Gasteiger partial charge in [0.25, 0.3) is 0 Å². The summed E-state index contributed by atoms with van der Waals surface area (Å²) in [5, 5.41) is 11.8. The highest BCUT2D eigenvalue weighted by Crippen LogP contribution is 2.31. The monoisotopic (exact) mass is 314 g/mol. The number of hydrogen-bond acceptors (Lipinski definition) is 4. The SMILES string of the molecule is CCCC(N)CC(=O)Nc1cc(OC)c(C(=O)O)cc1Cl. The third kappa shape index (κ3) is 4.91. The number of carbonyl (C=O) groups excluding carboxylic acids is 1. The van der Waals surface area contributed by atoms with Crippen molar-refractivity contribution < 1.29 is 19.4 Å². The fourth-order valence-corrected chi connectivity index (χ4v) is 2.11. The summed E-state index contributed by atoms with van der Waals surface area (Å²) in [6.45, 7) is 1.99. The standard InChI is InChI=1S/C14H19ClN2O4/c1-3-4-8(16)5-13(18)17-11-7-12(21-2)9(14(19)20)6-10(11)15/h6-8H,3-5,16H2,1-2H3,(H,17,18)(H,19,20). The molecule has 1 rings (SSSR count). The van der Waals surface area contributed by atoms with Crippen LogP contribution in [0, 0.1) is 0 Å². The second kappa shape index (κ2) is 7.85. The maximum Gasteiger partial charge on any atom is 0.339 e. The number of anilines is 1. The molecule has 7 heteroatoms. The number of carboxylic acids is 1. The predicted octanol–water partition coefficient (Wildman–Crippen LogP) is 2.50. The molecule has 0 aliphatic rings. The zero-order valence-electron chi connectivity index (χ0n) is 12.0. The Hall–Kier alpha value is -1.79. The Morgan fingerprint density at radius 3 is 2.67 bits per heavy atom. The smallest absolute Gasteiger partial charge is 0.339 e. The van der Waals surface area contributed by atoms with Crippen LogP contribution in [0.25, 0.3) is 0 Å². The van der Waals surface area contributed by atoms with Gasteiger partial charge in [0, 0.05) is 18.5 Å². The predicted molar refractivity (Wildman–Crippen MR) is 81.1 cm³/mol. The normalized spacial score (nSPS) is 11.8. The van der Waals surface area contributed by atoms with E-state index in [0.29, 0.717) is 5.69 Å². The Balaban J connectivity index is 2.89. The Bertz CT molecular complexity index is 534. The highest BCUT2D eigenvalue weighted by molar-refractivity contribution is 6.34. The fraction of sp³-hybridized carbons (Fsp3) is 0.429. The van der Waals surface area contributed by atoms with Gasteiger partial charge in [0.05, 0.1) is 17.8 Å². The van der Waals surface area contributed by atoms with E-state index in [4.69, 9.17) is 27.2 Å². The second-order valence-corrected chi connectivity index (χ2v) is 5.05. The highest BCUT2D eigenvalue weighted by atomic mass is 35.5. The molecule has 0 fully saturated rings. The maximum atomic E-state index is 11.9. The van der Waals surface area contributed by atoms with Gasteiger partial charge in [0.15, 0.2) is 0 Å². The Morgan fingerprint density at radius 2 is 2.14 bits per heavy atom. The van der Waals surface area contributed by atoms with E-state index in [2.05, 4.69) is 5.32 Å². The van der Waals surface area contributed by atoms with Gasteiger partial charge in [-0.25, -0.2) is 4.79 Å². The molecule has 21 heavy (non-hydrogen) atoms. The molecule has 0 spiro atoms. The van der Waals surface area contributed by atoms with E-state index in [0.717, 1.165) is 12.8 Å². The van der Waals surface area contributed by atoms with Crippen molar-refractivity contribution in [2.75, 3.05) is 12.4 Å². The van der Waals surface area contributed by atoms with Gasteiger partial charge < -0.3 is 20.9 Å². The number of carboxylic acid groups (broad SMARTS) is 1. The summed E-state index contributed by atoms with van der Waals surface area (Å²) in [7, 11) is 1.35. The number of rotatable bonds is 7. The molecule has 6 nitrogen and oxygen atoms in total. The van der Waals surface area contributed by atoms with Crippen molar-refractivity contribution in [2.24, 2.45) is 5.73 Å². The van der Waals surface area contributed by atoms with Gasteiger partial charge in [-0.05, 0) is 12.5 Å². The molecule has 0 saturated heterocycles. The molecular weight excluding hydrogens is 296 g/mol. The molecule has 1 aromatic carbocycles. The fourth-order valence-electron chi connectivity index (χ4n) is 1.90. The summed E-state index contributed by atoms with van der Waals surface area (Å²) < 4.78 is 4.99. The molecule has 0 radical (unpaired) electrons. The zero-order chi connectivity index (χ0) is 16.0. The molecule has 1 unspecified atom stereocenters. The van der Waals surface area contributed by atoms with Crippen molar-refractivity contribution in [2.45, 2.75) is 32.2 Å². The Labute approximate surface area is 128 Å². The van der Waals surface area contributed by atoms with E-state index < -0.39 is 5.97 Å². The van der Waals surface area contributed by atoms with Crippen LogP contribution in [0.1, 0.15) is 36.5 Å². The van der Waals surface area contributed by atoms with Crippen LogP contribution in [-0.4, -0.2) is 30.1 Å². The molecule has 1 amide bonds. The topological polar surface area (TPSA) is 102 Å². The number of nitrogens with one attached hydrogen (secondary N) is 1. The minimum Gasteiger partial charge on any atom is -0.496 e. The number of amides is 1. The summed E-state index contributed by atoms with van der Waals surface area (Å²) in [4.78, 5) is 22.9. The molecule has 1 atom stereocenters. The lowest BCUT2D eigenvalue weighted by molar-refractivity contribution is -0.116. The number of benzene rings is 1. The minimum atomic E-state index is -1.16. The Kier molecular flexibility index (Phi) is 6.45. The second-order valence-electron chi connectivity index (χ2n) is 4.64. The number of methoxy groups -OCH3 is 1. The first-order valence-corrected chi connectivity index (χ1v) is 6.93. The lowest BCUT2D eigenvalue weighted by atomic mass is 10.1. The van der Waals surface area contributed by atoms with Crippen LogP contribution in [0.5, 0.6) is 5.75 Å². The van der Waals surface area contributed by atoms with Crippen molar-refractivity contribution in [3.05, 3.63) is 22.7 Å². The van der Waals surface area contributed by atoms with E-state index in [-0.39, 0.29) is 34.7 Å². The van der Waals surface area contributed by atoms with Crippen molar-refractivity contribution in [3.63, 3.8) is 0 Å². The van der Waals surface area contributed by atoms with Crippen molar-refractivity contribution >= 4 is 29.2 Å². The molecule has 0 aliphatic heterocycles. The van der Waals surface area contributed by atoms with Gasteiger partial charge >= 0.3 is 5.97 Å². The molecule has 1 aromatic rings. The van der Waals surface area contributed by atoms with E-state index in [9.17, 15) is 9.59 Å². The number of ether oxygens (including phenoxy) is 1. The van der Waals surface area contributed by atoms with Crippen LogP contribution < -0.4 is 15.8 Å². The molecule has 0 aliphatic carbocycles.